The van der Waals surface area contributed by atoms with Crippen LogP contribution in [0.1, 0.15) is 90.1 Å². The molecule has 11 heteroatoms. The largest absolute Gasteiger partial charge is 0.459 e. The van der Waals surface area contributed by atoms with Crippen molar-refractivity contribution in [2.24, 2.45) is 0 Å². The summed E-state index contributed by atoms with van der Waals surface area (Å²) in [6.45, 7) is 14.3. The highest BCUT2D eigenvalue weighted by molar-refractivity contribution is 7.17. The lowest BCUT2D eigenvalue weighted by molar-refractivity contribution is 0.0367. The van der Waals surface area contributed by atoms with Gasteiger partial charge in [0.2, 0.25) is 0 Å². The molecule has 0 fully saturated rings. The van der Waals surface area contributed by atoms with E-state index in [1.165, 1.54) is 41.0 Å². The van der Waals surface area contributed by atoms with Crippen molar-refractivity contribution in [1.29, 1.82) is 0 Å². The van der Waals surface area contributed by atoms with E-state index in [1.807, 2.05) is 13.8 Å². The minimum absolute atomic E-state index is 0.0671. The normalized spacial score (nSPS) is 11.0. The van der Waals surface area contributed by atoms with Crippen LogP contribution in [0.15, 0.2) is 18.3 Å². The van der Waals surface area contributed by atoms with Crippen LogP contribution in [-0.4, -0.2) is 40.9 Å². The molecule has 0 unspecified atom stereocenters. The molecule has 0 aliphatic heterocycles. The number of nitrogens with zero attached hydrogens (tertiary/aromatic N) is 1. The van der Waals surface area contributed by atoms with Crippen LogP contribution in [0.5, 0.6) is 0 Å². The second-order valence-corrected chi connectivity index (χ2v) is 11.7. The van der Waals surface area contributed by atoms with Gasteiger partial charge in [-0.15, -0.1) is 22.7 Å². The average molecular weight is 558 g/mol. The van der Waals surface area contributed by atoms with Gasteiger partial charge in [-0.05, 0) is 78.6 Å². The van der Waals surface area contributed by atoms with Gasteiger partial charge in [0.25, 0.3) is 11.8 Å². The van der Waals surface area contributed by atoms with E-state index in [2.05, 4.69) is 15.6 Å². The van der Waals surface area contributed by atoms with E-state index in [1.54, 1.807) is 41.5 Å². The zero-order chi connectivity index (χ0) is 28.3. The highest BCUT2D eigenvalue weighted by Gasteiger charge is 2.25. The smallest absolute Gasteiger partial charge is 0.341 e. The van der Waals surface area contributed by atoms with E-state index in [9.17, 15) is 19.2 Å². The Bertz CT molecular complexity index is 1280. The molecular weight excluding hydrogens is 526 g/mol. The lowest BCUT2D eigenvalue weighted by atomic mass is 10.1. The number of pyridine rings is 1. The number of hydrogen-bond acceptors (Lipinski definition) is 9. The van der Waals surface area contributed by atoms with E-state index < -0.39 is 23.8 Å². The quantitative estimate of drug-likeness (QED) is 0.322. The molecule has 0 radical (unpaired) electrons. The molecule has 2 N–H and O–H groups in total. The summed E-state index contributed by atoms with van der Waals surface area (Å²) in [4.78, 5) is 56.9. The fourth-order valence-electron chi connectivity index (χ4n) is 3.47. The summed E-state index contributed by atoms with van der Waals surface area (Å²) < 4.78 is 10.7. The summed E-state index contributed by atoms with van der Waals surface area (Å²) in [6.07, 6.45) is 0.681. The molecule has 202 valence electrons. The molecule has 0 aliphatic rings. The van der Waals surface area contributed by atoms with Crippen molar-refractivity contribution in [3.8, 4) is 0 Å². The highest BCUT2D eigenvalue weighted by Crippen LogP contribution is 2.34. The molecule has 3 aromatic heterocycles. The van der Waals surface area contributed by atoms with Crippen molar-refractivity contribution in [3.63, 3.8) is 0 Å². The summed E-state index contributed by atoms with van der Waals surface area (Å²) in [5, 5.41) is 6.27. The Labute approximate surface area is 229 Å². The van der Waals surface area contributed by atoms with Gasteiger partial charge in [-0.3, -0.25) is 14.6 Å². The summed E-state index contributed by atoms with van der Waals surface area (Å²) in [5.41, 5.74) is 2.41. The fraction of sp³-hybridized carbons (Fsp3) is 0.370. The molecule has 9 nitrogen and oxygen atoms in total. The first-order chi connectivity index (χ1) is 17.8. The molecule has 0 saturated carbocycles. The van der Waals surface area contributed by atoms with Gasteiger partial charge in [0.1, 0.15) is 15.7 Å². The minimum Gasteiger partial charge on any atom is -0.459 e. The molecule has 3 aromatic rings. The van der Waals surface area contributed by atoms with Crippen LogP contribution in [0.3, 0.4) is 0 Å². The van der Waals surface area contributed by atoms with Gasteiger partial charge in [0, 0.05) is 16.0 Å². The molecule has 0 bridgehead atoms. The van der Waals surface area contributed by atoms with Crippen LogP contribution < -0.4 is 10.6 Å². The average Bonchev–Trinajstić information content (AvgIpc) is 3.26. The van der Waals surface area contributed by atoms with Crippen LogP contribution in [0.2, 0.25) is 0 Å². The van der Waals surface area contributed by atoms with E-state index in [-0.39, 0.29) is 23.5 Å². The first-order valence-corrected chi connectivity index (χ1v) is 13.6. The molecule has 2 amide bonds. The molecule has 0 spiro atoms. The molecular formula is C27H31N3O6S2. The molecule has 38 heavy (non-hydrogen) atoms. The predicted molar refractivity (Wildman–Crippen MR) is 149 cm³/mol. The van der Waals surface area contributed by atoms with Crippen LogP contribution in [0, 0.1) is 27.7 Å². The van der Waals surface area contributed by atoms with Crippen molar-refractivity contribution in [3.05, 3.63) is 61.6 Å². The Kier molecular flexibility index (Phi) is 9.05. The second-order valence-electron chi connectivity index (χ2n) is 9.22. The van der Waals surface area contributed by atoms with Crippen molar-refractivity contribution in [1.82, 2.24) is 4.98 Å². The zero-order valence-electron chi connectivity index (χ0n) is 22.6. The number of thiophene rings is 2. The molecule has 3 rings (SSSR count). The number of ether oxygens (including phenoxy) is 2. The number of hydrogen-bond donors (Lipinski definition) is 2. The van der Waals surface area contributed by atoms with Gasteiger partial charge in [-0.1, -0.05) is 0 Å². The Morgan fingerprint density at radius 2 is 1.18 bits per heavy atom. The Balaban J connectivity index is 1.77. The molecule has 0 atom stereocenters. The summed E-state index contributed by atoms with van der Waals surface area (Å²) in [7, 11) is 0. The van der Waals surface area contributed by atoms with Crippen LogP contribution >= 0.6 is 22.7 Å². The first-order valence-electron chi connectivity index (χ1n) is 12.0. The highest BCUT2D eigenvalue weighted by atomic mass is 32.1. The summed E-state index contributed by atoms with van der Waals surface area (Å²) in [5.74, 6) is -2.02. The van der Waals surface area contributed by atoms with Crippen LogP contribution in [0.25, 0.3) is 0 Å². The van der Waals surface area contributed by atoms with Gasteiger partial charge in [0.05, 0.1) is 28.9 Å². The number of esters is 2. The van der Waals surface area contributed by atoms with Crippen molar-refractivity contribution < 1.29 is 28.7 Å². The molecule has 0 aliphatic carbocycles. The van der Waals surface area contributed by atoms with E-state index in [4.69, 9.17) is 9.47 Å². The van der Waals surface area contributed by atoms with Crippen LogP contribution in [-0.2, 0) is 9.47 Å². The summed E-state index contributed by atoms with van der Waals surface area (Å²) >= 11 is 2.56. The lowest BCUT2D eigenvalue weighted by Crippen LogP contribution is -2.19. The lowest BCUT2D eigenvalue weighted by Gasteiger charge is -2.11. The van der Waals surface area contributed by atoms with E-state index in [0.29, 0.717) is 21.1 Å². The number of carbonyl (C=O) groups is 4. The van der Waals surface area contributed by atoms with Gasteiger partial charge < -0.3 is 20.1 Å². The third-order valence-electron chi connectivity index (χ3n) is 5.58. The number of rotatable bonds is 8. The second kappa shape index (κ2) is 11.9. The number of aromatic nitrogens is 1. The standard InChI is InChI=1S/C27H31N3O6S2/c1-12(2)35-26(33)20-14(5)16(7)37-24(20)29-22(31)18-9-10-19(28-11-18)23(32)30-25-21(15(6)17(8)38-25)27(34)36-13(3)4/h9-13H,1-8H3,(H,29,31)(H,30,32). The van der Waals surface area contributed by atoms with Crippen LogP contribution in [0.4, 0.5) is 10.0 Å². The zero-order valence-corrected chi connectivity index (χ0v) is 24.2. The van der Waals surface area contributed by atoms with Gasteiger partial charge >= 0.3 is 11.9 Å². The Morgan fingerprint density at radius 1 is 0.737 bits per heavy atom. The maximum absolute atomic E-state index is 12.9. The molecule has 3 heterocycles. The van der Waals surface area contributed by atoms with Crippen molar-refractivity contribution in [2.45, 2.75) is 67.6 Å². The molecule has 0 aromatic carbocycles. The van der Waals surface area contributed by atoms with Crippen molar-refractivity contribution in [2.75, 3.05) is 10.6 Å². The maximum Gasteiger partial charge on any atom is 0.341 e. The van der Waals surface area contributed by atoms with E-state index >= 15 is 0 Å². The third kappa shape index (κ3) is 6.46. The SMILES string of the molecule is Cc1sc(NC(=O)c2ccc(C(=O)Nc3sc(C)c(C)c3C(=O)OC(C)C)nc2)c(C(=O)OC(C)C)c1C. The summed E-state index contributed by atoms with van der Waals surface area (Å²) in [6, 6.07) is 2.89. The van der Waals surface area contributed by atoms with Crippen molar-refractivity contribution >= 4 is 56.4 Å². The topological polar surface area (TPSA) is 124 Å². The van der Waals surface area contributed by atoms with E-state index in [0.717, 1.165) is 20.9 Å². The number of amides is 2. The van der Waals surface area contributed by atoms with Gasteiger partial charge in [-0.2, -0.15) is 0 Å². The fourth-order valence-corrected chi connectivity index (χ4v) is 5.56. The molecule has 0 saturated heterocycles. The monoisotopic (exact) mass is 557 g/mol. The predicted octanol–water partition coefficient (Wildman–Crippen LogP) is 6.07. The van der Waals surface area contributed by atoms with Gasteiger partial charge in [-0.25, -0.2) is 9.59 Å². The number of nitrogens with one attached hydrogen (secondary N) is 2. The number of carbonyl (C=O) groups excluding carboxylic acids is 4. The third-order valence-corrected chi connectivity index (χ3v) is 7.82. The van der Waals surface area contributed by atoms with Gasteiger partial charge in [0.15, 0.2) is 0 Å². The maximum atomic E-state index is 12.9. The Hall–Kier alpha value is -3.57. The number of anilines is 2. The Morgan fingerprint density at radius 3 is 1.58 bits per heavy atom. The number of aryl methyl sites for hydroxylation is 2. The minimum atomic E-state index is -0.528. The first kappa shape index (κ1) is 29.0.